The third-order valence-corrected chi connectivity index (χ3v) is 5.04. The van der Waals surface area contributed by atoms with E-state index in [1.165, 1.54) is 16.7 Å². The van der Waals surface area contributed by atoms with Crippen molar-refractivity contribution in [3.05, 3.63) is 54.1 Å². The molecule has 1 N–H and O–H groups in total. The molecule has 2 heterocycles. The van der Waals surface area contributed by atoms with E-state index in [1.807, 2.05) is 37.4 Å². The van der Waals surface area contributed by atoms with Crippen molar-refractivity contribution in [2.24, 2.45) is 7.05 Å². The van der Waals surface area contributed by atoms with E-state index in [0.717, 1.165) is 5.56 Å². The van der Waals surface area contributed by atoms with Crippen molar-refractivity contribution in [1.29, 1.82) is 0 Å². The number of aliphatic carboxylic acids is 1. The number of ether oxygens (including phenoxy) is 1. The van der Waals surface area contributed by atoms with Crippen LogP contribution in [0.3, 0.4) is 0 Å². The van der Waals surface area contributed by atoms with Gasteiger partial charge in [0.05, 0.1) is 0 Å². The number of carboxylic acids is 1. The van der Waals surface area contributed by atoms with Crippen LogP contribution in [0.1, 0.15) is 16.8 Å². The van der Waals surface area contributed by atoms with Crippen LogP contribution in [0.5, 0.6) is 0 Å². The molecule has 1 aromatic carbocycles. The molecule has 3 rings (SSSR count). The average molecular weight is 347 g/mol. The van der Waals surface area contributed by atoms with Gasteiger partial charge in [-0.15, -0.1) is 11.8 Å². The molecule has 8 heteroatoms. The van der Waals surface area contributed by atoms with Gasteiger partial charge in [-0.25, -0.2) is 14.6 Å². The van der Waals surface area contributed by atoms with Crippen molar-refractivity contribution in [2.45, 2.75) is 18.0 Å². The summed E-state index contributed by atoms with van der Waals surface area (Å²) in [6.07, 6.45) is 2.74. The van der Waals surface area contributed by atoms with Crippen LogP contribution >= 0.6 is 11.8 Å². The van der Waals surface area contributed by atoms with Gasteiger partial charge in [-0.2, -0.15) is 0 Å². The molecule has 0 aliphatic carbocycles. The van der Waals surface area contributed by atoms with E-state index in [4.69, 9.17) is 4.74 Å². The highest BCUT2D eigenvalue weighted by Crippen LogP contribution is 2.41. The Morgan fingerprint density at radius 2 is 2.12 bits per heavy atom. The first-order chi connectivity index (χ1) is 11.6. The number of carbonyl (C=O) groups excluding carboxylic acids is 1. The Labute approximate surface area is 143 Å². The molecule has 0 spiro atoms. The zero-order valence-electron chi connectivity index (χ0n) is 13.0. The molecule has 1 saturated heterocycles. The highest BCUT2D eigenvalue weighted by atomic mass is 32.2. The summed E-state index contributed by atoms with van der Waals surface area (Å²) < 4.78 is 7.11. The standard InChI is InChI=1S/C16H17N3O4S/c1-18-8-7-17-13(18)14-19(12(10-24-14)15(20)21)16(22)23-9-11-5-3-2-4-6-11/h2-8,12,14H,9-10H2,1H3,(H,20,21)/t12?,14-/m1/s1. The summed E-state index contributed by atoms with van der Waals surface area (Å²) in [5, 5.41) is 8.93. The number of carboxylic acid groups (broad SMARTS) is 1. The quantitative estimate of drug-likeness (QED) is 0.913. The highest BCUT2D eigenvalue weighted by molar-refractivity contribution is 7.99. The Morgan fingerprint density at radius 3 is 2.75 bits per heavy atom. The summed E-state index contributed by atoms with van der Waals surface area (Å²) in [5.41, 5.74) is 0.845. The maximum Gasteiger partial charge on any atom is 0.412 e. The molecular weight excluding hydrogens is 330 g/mol. The smallest absolute Gasteiger partial charge is 0.412 e. The molecule has 0 radical (unpaired) electrons. The zero-order chi connectivity index (χ0) is 17.1. The molecule has 2 atom stereocenters. The Balaban J connectivity index is 1.78. The second kappa shape index (κ2) is 6.96. The monoisotopic (exact) mass is 347 g/mol. The maximum atomic E-state index is 12.5. The molecule has 1 unspecified atom stereocenters. The second-order valence-corrected chi connectivity index (χ2v) is 6.50. The fourth-order valence-corrected chi connectivity index (χ4v) is 3.97. The number of aromatic nitrogens is 2. The lowest BCUT2D eigenvalue weighted by Crippen LogP contribution is -2.43. The van der Waals surface area contributed by atoms with E-state index in [2.05, 4.69) is 4.98 Å². The number of imidazole rings is 1. The first-order valence-electron chi connectivity index (χ1n) is 7.38. The van der Waals surface area contributed by atoms with Crippen molar-refractivity contribution in [2.75, 3.05) is 5.75 Å². The molecule has 0 bridgehead atoms. The first kappa shape index (κ1) is 16.4. The normalized spacial score (nSPS) is 20.1. The molecular formula is C16H17N3O4S. The number of thioether (sulfide) groups is 1. The summed E-state index contributed by atoms with van der Waals surface area (Å²) >= 11 is 1.37. The van der Waals surface area contributed by atoms with Gasteiger partial charge in [0.25, 0.3) is 0 Å². The predicted octanol–water partition coefficient (Wildman–Crippen LogP) is 2.26. The molecule has 24 heavy (non-hydrogen) atoms. The molecule has 1 aliphatic rings. The minimum Gasteiger partial charge on any atom is -0.480 e. The van der Waals surface area contributed by atoms with Crippen LogP contribution in [0.2, 0.25) is 0 Å². The minimum atomic E-state index is -1.05. The van der Waals surface area contributed by atoms with Crippen LogP contribution in [-0.2, 0) is 23.2 Å². The number of benzene rings is 1. The van der Waals surface area contributed by atoms with Crippen LogP contribution in [0.4, 0.5) is 4.79 Å². The van der Waals surface area contributed by atoms with E-state index >= 15 is 0 Å². The summed E-state index contributed by atoms with van der Waals surface area (Å²) in [6, 6.07) is 8.34. The molecule has 2 aromatic rings. The van der Waals surface area contributed by atoms with Gasteiger partial charge in [-0.1, -0.05) is 30.3 Å². The minimum absolute atomic E-state index is 0.0977. The van der Waals surface area contributed by atoms with E-state index in [-0.39, 0.29) is 6.61 Å². The van der Waals surface area contributed by atoms with Crippen LogP contribution in [0.15, 0.2) is 42.7 Å². The SMILES string of the molecule is Cn1ccnc1[C@H]1SCC(C(=O)O)N1C(=O)OCc1ccccc1. The first-order valence-corrected chi connectivity index (χ1v) is 8.43. The predicted molar refractivity (Wildman–Crippen MR) is 88.3 cm³/mol. The highest BCUT2D eigenvalue weighted by Gasteiger charge is 2.45. The van der Waals surface area contributed by atoms with Gasteiger partial charge in [-0.05, 0) is 5.56 Å². The molecule has 1 aliphatic heterocycles. The zero-order valence-corrected chi connectivity index (χ0v) is 13.8. The maximum absolute atomic E-state index is 12.5. The number of carbonyl (C=O) groups is 2. The van der Waals surface area contributed by atoms with E-state index < -0.39 is 23.5 Å². The Hall–Kier alpha value is -2.48. The number of hydrogen-bond acceptors (Lipinski definition) is 5. The number of rotatable bonds is 4. The summed E-state index contributed by atoms with van der Waals surface area (Å²) in [7, 11) is 1.81. The van der Waals surface area contributed by atoms with Crippen molar-refractivity contribution in [3.63, 3.8) is 0 Å². The third-order valence-electron chi connectivity index (χ3n) is 3.78. The Morgan fingerprint density at radius 1 is 1.38 bits per heavy atom. The number of aryl methyl sites for hydroxylation is 1. The van der Waals surface area contributed by atoms with Gasteiger partial charge in [0.1, 0.15) is 23.8 Å². The van der Waals surface area contributed by atoms with Gasteiger partial charge < -0.3 is 14.4 Å². The lowest BCUT2D eigenvalue weighted by molar-refractivity contribution is -0.141. The van der Waals surface area contributed by atoms with Crippen molar-refractivity contribution < 1.29 is 19.4 Å². The van der Waals surface area contributed by atoms with E-state index in [9.17, 15) is 14.7 Å². The van der Waals surface area contributed by atoms with Crippen LogP contribution in [0, 0.1) is 0 Å². The summed E-state index contributed by atoms with van der Waals surface area (Å²) in [4.78, 5) is 29.5. The van der Waals surface area contributed by atoms with Crippen LogP contribution in [-0.4, -0.2) is 43.4 Å². The molecule has 1 amide bonds. The Kier molecular flexibility index (Phi) is 4.75. The van der Waals surface area contributed by atoms with Gasteiger partial charge in [0, 0.05) is 25.2 Å². The average Bonchev–Trinajstić information content (AvgIpc) is 3.19. The van der Waals surface area contributed by atoms with Crippen LogP contribution in [0.25, 0.3) is 0 Å². The fraction of sp³-hybridized carbons (Fsp3) is 0.312. The largest absolute Gasteiger partial charge is 0.480 e. The summed E-state index contributed by atoms with van der Waals surface area (Å²) in [6.45, 7) is 0.0977. The van der Waals surface area contributed by atoms with Gasteiger partial charge in [0.15, 0.2) is 0 Å². The van der Waals surface area contributed by atoms with Gasteiger partial charge in [0.2, 0.25) is 0 Å². The van der Waals surface area contributed by atoms with Crippen molar-refractivity contribution in [3.8, 4) is 0 Å². The number of hydrogen-bond donors (Lipinski definition) is 1. The van der Waals surface area contributed by atoms with Crippen LogP contribution < -0.4 is 0 Å². The molecule has 1 fully saturated rings. The third kappa shape index (κ3) is 3.23. The Bertz CT molecular complexity index is 734. The fourth-order valence-electron chi connectivity index (χ4n) is 2.53. The number of nitrogens with zero attached hydrogens (tertiary/aromatic N) is 3. The molecule has 1 aromatic heterocycles. The van der Waals surface area contributed by atoms with Crippen molar-refractivity contribution >= 4 is 23.8 Å². The number of amides is 1. The molecule has 126 valence electrons. The lowest BCUT2D eigenvalue weighted by atomic mass is 10.2. The van der Waals surface area contributed by atoms with Gasteiger partial charge in [-0.3, -0.25) is 4.90 Å². The molecule has 0 saturated carbocycles. The van der Waals surface area contributed by atoms with Crippen molar-refractivity contribution in [1.82, 2.24) is 14.5 Å². The summed E-state index contributed by atoms with van der Waals surface area (Å²) in [5.74, 6) is -0.121. The lowest BCUT2D eigenvalue weighted by Gasteiger charge is -2.26. The van der Waals surface area contributed by atoms with E-state index in [1.54, 1.807) is 17.0 Å². The molecule has 7 nitrogen and oxygen atoms in total. The van der Waals surface area contributed by atoms with Gasteiger partial charge >= 0.3 is 12.1 Å². The topological polar surface area (TPSA) is 84.7 Å². The van der Waals surface area contributed by atoms with E-state index in [0.29, 0.717) is 11.6 Å². The second-order valence-electron chi connectivity index (χ2n) is 5.38.